The van der Waals surface area contributed by atoms with E-state index in [-0.39, 0.29) is 5.91 Å². The molecule has 1 amide bonds. The fraction of sp³-hybridized carbons (Fsp3) is 0.357. The zero-order valence-electron chi connectivity index (χ0n) is 11.7. The predicted molar refractivity (Wildman–Crippen MR) is 80.9 cm³/mol. The first-order valence-electron chi connectivity index (χ1n) is 6.63. The van der Waals surface area contributed by atoms with Crippen LogP contribution in [-0.4, -0.2) is 33.5 Å². The van der Waals surface area contributed by atoms with Crippen LogP contribution in [0, 0.1) is 0 Å². The van der Waals surface area contributed by atoms with E-state index in [2.05, 4.69) is 33.7 Å². The molecule has 1 aromatic heterocycles. The minimum Gasteiger partial charge on any atom is -0.311 e. The maximum atomic E-state index is 12.1. The molecular formula is C14H18N4OS. The molecule has 0 saturated heterocycles. The molecule has 2 aromatic rings. The van der Waals surface area contributed by atoms with Crippen molar-refractivity contribution in [1.29, 1.82) is 0 Å². The first-order chi connectivity index (χ1) is 9.72. The fourth-order valence-electron chi connectivity index (χ4n) is 1.92. The first-order valence-corrected chi connectivity index (χ1v) is 7.40. The van der Waals surface area contributed by atoms with Crippen LogP contribution in [0.15, 0.2) is 30.5 Å². The van der Waals surface area contributed by atoms with Crippen molar-refractivity contribution in [2.75, 3.05) is 18.4 Å². The smallest absolute Gasteiger partial charge is 0.256 e. The van der Waals surface area contributed by atoms with Crippen LogP contribution in [-0.2, 0) is 6.54 Å². The van der Waals surface area contributed by atoms with E-state index in [9.17, 15) is 4.79 Å². The van der Waals surface area contributed by atoms with Crippen molar-refractivity contribution in [2.24, 2.45) is 0 Å². The zero-order valence-corrected chi connectivity index (χ0v) is 12.5. The van der Waals surface area contributed by atoms with Gasteiger partial charge in [0.1, 0.15) is 5.00 Å². The van der Waals surface area contributed by atoms with E-state index in [1.165, 1.54) is 11.5 Å². The van der Waals surface area contributed by atoms with Gasteiger partial charge in [0.05, 0.1) is 6.20 Å². The van der Waals surface area contributed by atoms with Crippen LogP contribution < -0.4 is 5.32 Å². The van der Waals surface area contributed by atoms with Gasteiger partial charge >= 0.3 is 0 Å². The van der Waals surface area contributed by atoms with Crippen LogP contribution >= 0.6 is 11.5 Å². The van der Waals surface area contributed by atoms with Crippen molar-refractivity contribution in [3.63, 3.8) is 0 Å². The molecule has 20 heavy (non-hydrogen) atoms. The normalized spacial score (nSPS) is 10.8. The second kappa shape index (κ2) is 7.12. The molecule has 0 aliphatic heterocycles. The van der Waals surface area contributed by atoms with Gasteiger partial charge in [0.2, 0.25) is 0 Å². The van der Waals surface area contributed by atoms with Crippen molar-refractivity contribution < 1.29 is 4.79 Å². The Morgan fingerprint density at radius 1 is 1.35 bits per heavy atom. The summed E-state index contributed by atoms with van der Waals surface area (Å²) in [6.07, 6.45) is 1.54. The lowest BCUT2D eigenvalue weighted by Crippen LogP contribution is -2.22. The quantitative estimate of drug-likeness (QED) is 0.888. The van der Waals surface area contributed by atoms with Crippen molar-refractivity contribution in [3.8, 4) is 0 Å². The summed E-state index contributed by atoms with van der Waals surface area (Å²) < 4.78 is 3.72. The molecule has 0 spiro atoms. The maximum absolute atomic E-state index is 12.1. The number of hydrogen-bond acceptors (Lipinski definition) is 5. The van der Waals surface area contributed by atoms with E-state index < -0.39 is 0 Å². The Kier molecular flexibility index (Phi) is 5.20. The van der Waals surface area contributed by atoms with E-state index >= 15 is 0 Å². The number of hydrogen-bond donors (Lipinski definition) is 1. The van der Waals surface area contributed by atoms with E-state index in [1.807, 2.05) is 24.3 Å². The van der Waals surface area contributed by atoms with Crippen LogP contribution in [0.1, 0.15) is 29.8 Å². The largest absolute Gasteiger partial charge is 0.311 e. The number of rotatable bonds is 6. The Balaban J connectivity index is 2.07. The molecule has 1 N–H and O–H groups in total. The van der Waals surface area contributed by atoms with E-state index in [4.69, 9.17) is 0 Å². The lowest BCUT2D eigenvalue weighted by Gasteiger charge is -2.18. The summed E-state index contributed by atoms with van der Waals surface area (Å²) in [6, 6.07) is 7.71. The van der Waals surface area contributed by atoms with Crippen molar-refractivity contribution in [2.45, 2.75) is 20.4 Å². The Labute approximate surface area is 122 Å². The lowest BCUT2D eigenvalue weighted by molar-refractivity contribution is 0.102. The fourth-order valence-corrected chi connectivity index (χ4v) is 2.34. The summed E-state index contributed by atoms with van der Waals surface area (Å²) in [7, 11) is 0. The molecule has 0 aliphatic rings. The molecule has 0 radical (unpaired) electrons. The van der Waals surface area contributed by atoms with Gasteiger partial charge < -0.3 is 5.32 Å². The van der Waals surface area contributed by atoms with Gasteiger partial charge in [-0.2, -0.15) is 0 Å². The highest BCUT2D eigenvalue weighted by atomic mass is 32.1. The molecule has 1 heterocycles. The van der Waals surface area contributed by atoms with Crippen LogP contribution in [0.25, 0.3) is 0 Å². The molecule has 0 fully saturated rings. The van der Waals surface area contributed by atoms with E-state index in [0.29, 0.717) is 10.6 Å². The maximum Gasteiger partial charge on any atom is 0.256 e. The highest BCUT2D eigenvalue weighted by molar-refractivity contribution is 7.10. The minimum atomic E-state index is -0.127. The average Bonchev–Trinajstić information content (AvgIpc) is 2.98. The topological polar surface area (TPSA) is 58.1 Å². The van der Waals surface area contributed by atoms with Gasteiger partial charge in [0, 0.05) is 23.6 Å². The summed E-state index contributed by atoms with van der Waals surface area (Å²) in [4.78, 5) is 14.4. The van der Waals surface area contributed by atoms with Gasteiger partial charge in [-0.15, -0.1) is 5.10 Å². The van der Waals surface area contributed by atoms with Crippen molar-refractivity contribution in [1.82, 2.24) is 14.5 Å². The van der Waals surface area contributed by atoms with Gasteiger partial charge in [-0.1, -0.05) is 30.5 Å². The third-order valence-electron chi connectivity index (χ3n) is 3.09. The van der Waals surface area contributed by atoms with Gasteiger partial charge in [0.25, 0.3) is 5.91 Å². The molecule has 106 valence electrons. The zero-order chi connectivity index (χ0) is 14.4. The Morgan fingerprint density at radius 2 is 2.15 bits per heavy atom. The number of nitrogens with one attached hydrogen (secondary N) is 1. The monoisotopic (exact) mass is 290 g/mol. The van der Waals surface area contributed by atoms with Gasteiger partial charge in [-0.3, -0.25) is 9.69 Å². The van der Waals surface area contributed by atoms with Gasteiger partial charge in [0.15, 0.2) is 0 Å². The second-order valence-corrected chi connectivity index (χ2v) is 5.18. The van der Waals surface area contributed by atoms with Gasteiger partial charge in [-0.05, 0) is 30.8 Å². The standard InChI is InChI=1S/C14H18N4OS/c1-3-18(4-2)10-11-6-5-7-12(8-11)14(19)16-13-9-15-17-20-13/h5-9H,3-4,10H2,1-2H3,(H,16,19). The molecular weight excluding hydrogens is 272 g/mol. The van der Waals surface area contributed by atoms with E-state index in [0.717, 1.165) is 25.2 Å². The summed E-state index contributed by atoms with van der Waals surface area (Å²) in [6.45, 7) is 7.13. The van der Waals surface area contributed by atoms with Crippen molar-refractivity contribution >= 4 is 22.4 Å². The minimum absolute atomic E-state index is 0.127. The van der Waals surface area contributed by atoms with Crippen molar-refractivity contribution in [3.05, 3.63) is 41.6 Å². The highest BCUT2D eigenvalue weighted by Gasteiger charge is 2.09. The van der Waals surface area contributed by atoms with Crippen LogP contribution in [0.2, 0.25) is 0 Å². The summed E-state index contributed by atoms with van der Waals surface area (Å²) >= 11 is 1.17. The first kappa shape index (κ1) is 14.6. The molecule has 6 heteroatoms. The third kappa shape index (κ3) is 3.85. The Bertz CT molecular complexity index is 552. The highest BCUT2D eigenvalue weighted by Crippen LogP contribution is 2.13. The second-order valence-electron chi connectivity index (χ2n) is 4.40. The molecule has 5 nitrogen and oxygen atoms in total. The predicted octanol–water partition coefficient (Wildman–Crippen LogP) is 2.63. The molecule has 0 bridgehead atoms. The number of aromatic nitrogens is 2. The molecule has 0 unspecified atom stereocenters. The van der Waals surface area contributed by atoms with Crippen LogP contribution in [0.4, 0.5) is 5.00 Å². The Hall–Kier alpha value is -1.79. The summed E-state index contributed by atoms with van der Waals surface area (Å²) in [5, 5.41) is 7.14. The summed E-state index contributed by atoms with van der Waals surface area (Å²) in [5.74, 6) is -0.127. The number of amides is 1. The Morgan fingerprint density at radius 3 is 2.80 bits per heavy atom. The molecule has 1 aromatic carbocycles. The molecule has 0 saturated carbocycles. The third-order valence-corrected chi connectivity index (χ3v) is 3.67. The molecule has 0 atom stereocenters. The number of carbonyl (C=O) groups excluding carboxylic acids is 1. The number of benzene rings is 1. The number of nitrogens with zero attached hydrogens (tertiary/aromatic N) is 3. The van der Waals surface area contributed by atoms with Crippen LogP contribution in [0.3, 0.4) is 0 Å². The average molecular weight is 290 g/mol. The number of anilines is 1. The molecule has 0 aliphatic carbocycles. The number of carbonyl (C=O) groups is 1. The lowest BCUT2D eigenvalue weighted by atomic mass is 10.1. The van der Waals surface area contributed by atoms with Crippen LogP contribution in [0.5, 0.6) is 0 Å². The summed E-state index contributed by atoms with van der Waals surface area (Å²) in [5.41, 5.74) is 1.80. The van der Waals surface area contributed by atoms with E-state index in [1.54, 1.807) is 6.20 Å². The molecule has 2 rings (SSSR count). The van der Waals surface area contributed by atoms with Gasteiger partial charge in [-0.25, -0.2) is 0 Å². The SMILES string of the molecule is CCN(CC)Cc1cccc(C(=O)Nc2cnns2)c1.